The van der Waals surface area contributed by atoms with Crippen molar-refractivity contribution in [1.29, 1.82) is 0 Å². The molecule has 0 saturated carbocycles. The second kappa shape index (κ2) is 5.05. The molecule has 0 aliphatic carbocycles. The van der Waals surface area contributed by atoms with Crippen molar-refractivity contribution in [2.45, 2.75) is 25.7 Å². The molecule has 1 aromatic heterocycles. The van der Waals surface area contributed by atoms with Crippen LogP contribution in [0.25, 0.3) is 0 Å². The summed E-state index contributed by atoms with van der Waals surface area (Å²) in [4.78, 5) is 8.46. The zero-order valence-electron chi connectivity index (χ0n) is 8.45. The zero-order chi connectivity index (χ0) is 9.64. The van der Waals surface area contributed by atoms with E-state index in [0.29, 0.717) is 0 Å². The average molecular weight is 191 g/mol. The lowest BCUT2D eigenvalue weighted by Gasteiger charge is -2.22. The molecule has 1 saturated heterocycles. The van der Waals surface area contributed by atoms with Gasteiger partial charge in [0, 0.05) is 18.8 Å². The van der Waals surface area contributed by atoms with Crippen LogP contribution in [0.4, 0.5) is 0 Å². The maximum atomic E-state index is 4.23. The molecule has 1 aliphatic heterocycles. The van der Waals surface area contributed by atoms with Gasteiger partial charge < -0.3 is 5.32 Å². The summed E-state index contributed by atoms with van der Waals surface area (Å²) in [6.07, 6.45) is 8.56. The number of hydrogen-bond donors (Lipinski definition) is 1. The molecule has 1 unspecified atom stereocenters. The van der Waals surface area contributed by atoms with Gasteiger partial charge in [-0.1, -0.05) is 0 Å². The second-order valence-corrected chi connectivity index (χ2v) is 3.92. The van der Waals surface area contributed by atoms with E-state index in [0.717, 1.165) is 18.2 Å². The second-order valence-electron chi connectivity index (χ2n) is 3.92. The average Bonchev–Trinajstić information content (AvgIpc) is 2.29. The first-order chi connectivity index (χ1) is 6.95. The Kier molecular flexibility index (Phi) is 3.46. The van der Waals surface area contributed by atoms with Crippen molar-refractivity contribution in [2.24, 2.45) is 5.92 Å². The van der Waals surface area contributed by atoms with E-state index >= 15 is 0 Å². The van der Waals surface area contributed by atoms with Crippen LogP contribution in [0.15, 0.2) is 18.5 Å². The Balaban J connectivity index is 1.76. The Hall–Kier alpha value is -0.960. The number of nitrogens with zero attached hydrogens (tertiary/aromatic N) is 2. The maximum Gasteiger partial charge on any atom is 0.128 e. The summed E-state index contributed by atoms with van der Waals surface area (Å²) in [5.41, 5.74) is 0. The van der Waals surface area contributed by atoms with Gasteiger partial charge in [-0.15, -0.1) is 0 Å². The topological polar surface area (TPSA) is 37.8 Å². The molecule has 1 atom stereocenters. The molecule has 3 nitrogen and oxygen atoms in total. The van der Waals surface area contributed by atoms with E-state index in [1.165, 1.54) is 32.4 Å². The molecule has 1 fully saturated rings. The highest BCUT2D eigenvalue weighted by Gasteiger charge is 2.12. The van der Waals surface area contributed by atoms with E-state index in [1.807, 2.05) is 18.5 Å². The molecule has 0 aromatic carbocycles. The van der Waals surface area contributed by atoms with Gasteiger partial charge in [-0.3, -0.25) is 0 Å². The van der Waals surface area contributed by atoms with Gasteiger partial charge in [0.05, 0.1) is 0 Å². The highest BCUT2D eigenvalue weighted by Crippen LogP contribution is 2.15. The van der Waals surface area contributed by atoms with Gasteiger partial charge in [0.15, 0.2) is 0 Å². The van der Waals surface area contributed by atoms with Crippen LogP contribution in [0, 0.1) is 5.92 Å². The van der Waals surface area contributed by atoms with Gasteiger partial charge in [0.2, 0.25) is 0 Å². The number of nitrogens with one attached hydrogen (secondary N) is 1. The van der Waals surface area contributed by atoms with E-state index in [1.54, 1.807) is 0 Å². The highest BCUT2D eigenvalue weighted by atomic mass is 14.9. The van der Waals surface area contributed by atoms with Crippen LogP contribution in [-0.4, -0.2) is 23.1 Å². The molecule has 0 radical (unpaired) electrons. The summed E-state index contributed by atoms with van der Waals surface area (Å²) >= 11 is 0. The summed E-state index contributed by atoms with van der Waals surface area (Å²) in [7, 11) is 0. The smallest absolute Gasteiger partial charge is 0.128 e. The van der Waals surface area contributed by atoms with Crippen molar-refractivity contribution in [3.63, 3.8) is 0 Å². The van der Waals surface area contributed by atoms with Crippen LogP contribution in [0.5, 0.6) is 0 Å². The number of piperidine rings is 1. The SMILES string of the molecule is c1cnc(CCC2CCCNC2)nc1. The van der Waals surface area contributed by atoms with E-state index in [9.17, 15) is 0 Å². The van der Waals surface area contributed by atoms with Crippen molar-refractivity contribution in [1.82, 2.24) is 15.3 Å². The molecule has 76 valence electrons. The van der Waals surface area contributed by atoms with Crippen LogP contribution in [-0.2, 0) is 6.42 Å². The largest absolute Gasteiger partial charge is 0.316 e. The molecule has 14 heavy (non-hydrogen) atoms. The summed E-state index contributed by atoms with van der Waals surface area (Å²) in [5.74, 6) is 1.81. The standard InChI is InChI=1S/C11H17N3/c1-3-10(9-12-6-1)4-5-11-13-7-2-8-14-11/h2,7-8,10,12H,1,3-6,9H2. The quantitative estimate of drug-likeness (QED) is 0.785. The summed E-state index contributed by atoms with van der Waals surface area (Å²) < 4.78 is 0. The van der Waals surface area contributed by atoms with Crippen LogP contribution >= 0.6 is 0 Å². The Bertz CT molecular complexity index is 254. The van der Waals surface area contributed by atoms with E-state index in [-0.39, 0.29) is 0 Å². The van der Waals surface area contributed by atoms with Crippen molar-refractivity contribution in [3.05, 3.63) is 24.3 Å². The molecule has 0 spiro atoms. The van der Waals surface area contributed by atoms with Gasteiger partial charge in [-0.05, 0) is 44.3 Å². The van der Waals surface area contributed by atoms with Crippen LogP contribution in [0.1, 0.15) is 25.1 Å². The van der Waals surface area contributed by atoms with Crippen molar-refractivity contribution in [2.75, 3.05) is 13.1 Å². The molecule has 0 amide bonds. The number of aromatic nitrogens is 2. The Morgan fingerprint density at radius 2 is 2.21 bits per heavy atom. The fourth-order valence-electron chi connectivity index (χ4n) is 1.96. The third-order valence-electron chi connectivity index (χ3n) is 2.79. The fraction of sp³-hybridized carbons (Fsp3) is 0.636. The predicted molar refractivity (Wildman–Crippen MR) is 55.9 cm³/mol. The van der Waals surface area contributed by atoms with Crippen molar-refractivity contribution in [3.8, 4) is 0 Å². The molecule has 2 heterocycles. The molecule has 1 aromatic rings. The minimum absolute atomic E-state index is 0.826. The van der Waals surface area contributed by atoms with Crippen LogP contribution < -0.4 is 5.32 Å². The molecule has 2 rings (SSSR count). The van der Waals surface area contributed by atoms with Crippen LogP contribution in [0.2, 0.25) is 0 Å². The third kappa shape index (κ3) is 2.77. The van der Waals surface area contributed by atoms with Gasteiger partial charge >= 0.3 is 0 Å². The molecular formula is C11H17N3. The number of hydrogen-bond acceptors (Lipinski definition) is 3. The van der Waals surface area contributed by atoms with E-state index < -0.39 is 0 Å². The van der Waals surface area contributed by atoms with E-state index in [4.69, 9.17) is 0 Å². The third-order valence-corrected chi connectivity index (χ3v) is 2.79. The first-order valence-electron chi connectivity index (χ1n) is 5.42. The first kappa shape index (κ1) is 9.59. The lowest BCUT2D eigenvalue weighted by atomic mass is 9.94. The zero-order valence-corrected chi connectivity index (χ0v) is 8.45. The normalized spacial score (nSPS) is 22.1. The number of aryl methyl sites for hydroxylation is 1. The molecule has 0 bridgehead atoms. The van der Waals surface area contributed by atoms with Gasteiger partial charge in [0.1, 0.15) is 5.82 Å². The minimum atomic E-state index is 0.826. The minimum Gasteiger partial charge on any atom is -0.316 e. The number of rotatable bonds is 3. The molecule has 1 N–H and O–H groups in total. The molecule has 3 heteroatoms. The Morgan fingerprint density at radius 1 is 1.36 bits per heavy atom. The summed E-state index contributed by atoms with van der Waals surface area (Å²) in [6, 6.07) is 1.87. The first-order valence-corrected chi connectivity index (χ1v) is 5.42. The fourth-order valence-corrected chi connectivity index (χ4v) is 1.96. The Morgan fingerprint density at radius 3 is 2.93 bits per heavy atom. The maximum absolute atomic E-state index is 4.23. The molecular weight excluding hydrogens is 174 g/mol. The van der Waals surface area contributed by atoms with Crippen LogP contribution in [0.3, 0.4) is 0 Å². The predicted octanol–water partition coefficient (Wildman–Crippen LogP) is 1.41. The van der Waals surface area contributed by atoms with Gasteiger partial charge in [-0.25, -0.2) is 9.97 Å². The van der Waals surface area contributed by atoms with Crippen molar-refractivity contribution < 1.29 is 0 Å². The lowest BCUT2D eigenvalue weighted by Crippen LogP contribution is -2.30. The monoisotopic (exact) mass is 191 g/mol. The highest BCUT2D eigenvalue weighted by molar-refractivity contribution is 4.89. The molecule has 1 aliphatic rings. The van der Waals surface area contributed by atoms with Gasteiger partial charge in [0.25, 0.3) is 0 Å². The Labute approximate surface area is 85.0 Å². The summed E-state index contributed by atoms with van der Waals surface area (Å²) in [5, 5.41) is 3.43. The lowest BCUT2D eigenvalue weighted by molar-refractivity contribution is 0.356. The van der Waals surface area contributed by atoms with Crippen molar-refractivity contribution >= 4 is 0 Å². The summed E-state index contributed by atoms with van der Waals surface area (Å²) in [6.45, 7) is 2.37. The van der Waals surface area contributed by atoms with Gasteiger partial charge in [-0.2, -0.15) is 0 Å². The van der Waals surface area contributed by atoms with E-state index in [2.05, 4.69) is 15.3 Å².